The van der Waals surface area contributed by atoms with Crippen molar-refractivity contribution in [2.75, 3.05) is 13.1 Å². The Balaban J connectivity index is 1.51. The average Bonchev–Trinajstić information content (AvgIpc) is 2.80. The number of rotatable bonds is 2. The van der Waals surface area contributed by atoms with E-state index in [1.54, 1.807) is 30.3 Å². The summed E-state index contributed by atoms with van der Waals surface area (Å²) in [6, 6.07) is 22.6. The van der Waals surface area contributed by atoms with Gasteiger partial charge in [-0.3, -0.25) is 9.59 Å². The van der Waals surface area contributed by atoms with E-state index in [0.29, 0.717) is 30.8 Å². The molecular weight excluding hydrogens is 374 g/mol. The molecule has 5 nitrogen and oxygen atoms in total. The predicted molar refractivity (Wildman–Crippen MR) is 114 cm³/mol. The molecule has 1 saturated heterocycles. The Morgan fingerprint density at radius 1 is 0.933 bits per heavy atom. The minimum Gasteiger partial charge on any atom is -0.338 e. The van der Waals surface area contributed by atoms with Gasteiger partial charge in [0.2, 0.25) is 0 Å². The first kappa shape index (κ1) is 18.4. The topological polar surface area (TPSA) is 66.1 Å². The third-order valence-electron chi connectivity index (χ3n) is 6.22. The molecule has 2 aliphatic heterocycles. The van der Waals surface area contributed by atoms with Crippen molar-refractivity contribution in [3.8, 4) is 17.2 Å². The third-order valence-corrected chi connectivity index (χ3v) is 6.22. The zero-order valence-electron chi connectivity index (χ0n) is 16.5. The van der Waals surface area contributed by atoms with E-state index < -0.39 is 0 Å². The molecule has 3 heterocycles. The molecular formula is C25H21N3O2. The summed E-state index contributed by atoms with van der Waals surface area (Å²) in [7, 11) is 0. The van der Waals surface area contributed by atoms with Crippen molar-refractivity contribution in [3.05, 3.63) is 93.9 Å². The first-order chi connectivity index (χ1) is 14.6. The molecule has 2 bridgehead atoms. The summed E-state index contributed by atoms with van der Waals surface area (Å²) >= 11 is 0. The zero-order valence-corrected chi connectivity index (χ0v) is 16.5. The lowest BCUT2D eigenvalue weighted by Gasteiger charge is -2.43. The van der Waals surface area contributed by atoms with Crippen LogP contribution in [0.4, 0.5) is 0 Å². The van der Waals surface area contributed by atoms with Crippen LogP contribution in [0.2, 0.25) is 0 Å². The van der Waals surface area contributed by atoms with Gasteiger partial charge in [-0.1, -0.05) is 30.3 Å². The highest BCUT2D eigenvalue weighted by atomic mass is 16.2. The number of aromatic nitrogens is 1. The van der Waals surface area contributed by atoms with E-state index in [1.807, 2.05) is 33.7 Å². The molecule has 5 heteroatoms. The van der Waals surface area contributed by atoms with Crippen molar-refractivity contribution in [1.82, 2.24) is 9.47 Å². The summed E-state index contributed by atoms with van der Waals surface area (Å²) in [6.45, 7) is 1.89. The highest BCUT2D eigenvalue weighted by molar-refractivity contribution is 5.94. The molecule has 2 unspecified atom stereocenters. The predicted octanol–water partition coefficient (Wildman–Crippen LogP) is 3.65. The molecule has 0 aliphatic carbocycles. The summed E-state index contributed by atoms with van der Waals surface area (Å²) in [5.74, 6) is 0.383. The molecule has 0 N–H and O–H groups in total. The molecule has 30 heavy (non-hydrogen) atoms. The Morgan fingerprint density at radius 3 is 2.43 bits per heavy atom. The summed E-state index contributed by atoms with van der Waals surface area (Å²) in [6.07, 6.45) is 0.987. The van der Waals surface area contributed by atoms with Gasteiger partial charge in [-0.05, 0) is 48.2 Å². The summed E-state index contributed by atoms with van der Waals surface area (Å²) in [5, 5.41) is 8.99. The highest BCUT2D eigenvalue weighted by Crippen LogP contribution is 2.40. The van der Waals surface area contributed by atoms with Gasteiger partial charge in [0.15, 0.2) is 0 Å². The molecule has 3 aromatic rings. The molecule has 5 rings (SSSR count). The smallest absolute Gasteiger partial charge is 0.253 e. The second kappa shape index (κ2) is 7.31. The van der Waals surface area contributed by atoms with Gasteiger partial charge in [-0.25, -0.2) is 0 Å². The highest BCUT2D eigenvalue weighted by Gasteiger charge is 2.38. The van der Waals surface area contributed by atoms with E-state index in [1.165, 1.54) is 0 Å². The van der Waals surface area contributed by atoms with Gasteiger partial charge in [0.1, 0.15) is 0 Å². The van der Waals surface area contributed by atoms with Crippen molar-refractivity contribution in [2.24, 2.45) is 5.92 Å². The Labute approximate surface area is 174 Å². The fourth-order valence-electron chi connectivity index (χ4n) is 4.91. The molecule has 0 radical (unpaired) electrons. The second-order valence-electron chi connectivity index (χ2n) is 8.15. The molecule has 2 aliphatic rings. The number of hydrogen-bond acceptors (Lipinski definition) is 3. The number of piperidine rings is 1. The lowest BCUT2D eigenvalue weighted by atomic mass is 9.80. The van der Waals surface area contributed by atoms with Gasteiger partial charge in [0.25, 0.3) is 11.5 Å². The van der Waals surface area contributed by atoms with E-state index >= 15 is 0 Å². The Hall–Kier alpha value is -3.65. The number of carbonyl (C=O) groups is 1. The Kier molecular flexibility index (Phi) is 4.48. The van der Waals surface area contributed by atoms with Crippen molar-refractivity contribution in [3.63, 3.8) is 0 Å². The number of hydrogen-bond donors (Lipinski definition) is 0. The van der Waals surface area contributed by atoms with Crippen LogP contribution in [0.25, 0.3) is 11.1 Å². The van der Waals surface area contributed by atoms with E-state index in [4.69, 9.17) is 5.26 Å². The molecule has 1 aromatic heterocycles. The van der Waals surface area contributed by atoms with Gasteiger partial charge in [-0.2, -0.15) is 5.26 Å². The Bertz CT molecular complexity index is 1210. The van der Waals surface area contributed by atoms with Crippen molar-refractivity contribution >= 4 is 5.91 Å². The van der Waals surface area contributed by atoms with Crippen LogP contribution in [-0.4, -0.2) is 28.5 Å². The zero-order chi connectivity index (χ0) is 20.7. The minimum absolute atomic E-state index is 0.0119. The fraction of sp³-hybridized carbons (Fsp3) is 0.240. The summed E-state index contributed by atoms with van der Waals surface area (Å²) in [5.41, 5.74) is 4.39. The van der Waals surface area contributed by atoms with Crippen LogP contribution in [-0.2, 0) is 6.54 Å². The Morgan fingerprint density at radius 2 is 1.70 bits per heavy atom. The number of nitriles is 1. The van der Waals surface area contributed by atoms with Crippen molar-refractivity contribution in [2.45, 2.75) is 18.9 Å². The maximum absolute atomic E-state index is 13.1. The number of fused-ring (bicyclic) bond motifs is 4. The van der Waals surface area contributed by atoms with Crippen LogP contribution in [0, 0.1) is 17.2 Å². The SMILES string of the molecule is N#Cc1ccc(C(=O)N2CC3CC(C2)c2c(-c4ccccc4)ccc(=O)n2C3)cc1. The maximum Gasteiger partial charge on any atom is 0.253 e. The summed E-state index contributed by atoms with van der Waals surface area (Å²) in [4.78, 5) is 27.7. The second-order valence-corrected chi connectivity index (χ2v) is 8.15. The van der Waals surface area contributed by atoms with Crippen LogP contribution in [0.1, 0.15) is 34.0 Å². The molecule has 1 fully saturated rings. The third kappa shape index (κ3) is 3.11. The van der Waals surface area contributed by atoms with Crippen LogP contribution < -0.4 is 5.56 Å². The lowest BCUT2D eigenvalue weighted by molar-refractivity contribution is 0.0595. The largest absolute Gasteiger partial charge is 0.338 e. The molecule has 1 amide bonds. The lowest BCUT2D eigenvalue weighted by Crippen LogP contribution is -2.49. The van der Waals surface area contributed by atoms with Crippen LogP contribution in [0.15, 0.2) is 71.5 Å². The first-order valence-corrected chi connectivity index (χ1v) is 10.2. The normalized spacial score (nSPS) is 19.6. The molecule has 0 spiro atoms. The first-order valence-electron chi connectivity index (χ1n) is 10.2. The van der Waals surface area contributed by atoms with Gasteiger partial charge < -0.3 is 9.47 Å². The number of benzene rings is 2. The number of amides is 1. The monoisotopic (exact) mass is 395 g/mol. The molecule has 2 atom stereocenters. The molecule has 148 valence electrons. The van der Waals surface area contributed by atoms with Gasteiger partial charge in [0.05, 0.1) is 11.6 Å². The molecule has 2 aromatic carbocycles. The number of nitrogens with zero attached hydrogens (tertiary/aromatic N) is 3. The van der Waals surface area contributed by atoms with Crippen LogP contribution >= 0.6 is 0 Å². The van der Waals surface area contributed by atoms with Crippen molar-refractivity contribution in [1.29, 1.82) is 5.26 Å². The number of carbonyl (C=O) groups excluding carboxylic acids is 1. The number of likely N-dealkylation sites (tertiary alicyclic amines) is 1. The van der Waals surface area contributed by atoms with Gasteiger partial charge >= 0.3 is 0 Å². The number of pyridine rings is 1. The molecule has 0 saturated carbocycles. The van der Waals surface area contributed by atoms with Gasteiger partial charge in [-0.15, -0.1) is 0 Å². The van der Waals surface area contributed by atoms with Gasteiger partial charge in [0, 0.05) is 48.4 Å². The van der Waals surface area contributed by atoms with E-state index in [2.05, 4.69) is 18.2 Å². The van der Waals surface area contributed by atoms with E-state index in [-0.39, 0.29) is 23.3 Å². The average molecular weight is 395 g/mol. The van der Waals surface area contributed by atoms with Crippen LogP contribution in [0.3, 0.4) is 0 Å². The van der Waals surface area contributed by atoms with Crippen LogP contribution in [0.5, 0.6) is 0 Å². The quantitative estimate of drug-likeness (QED) is 0.665. The van der Waals surface area contributed by atoms with E-state index in [9.17, 15) is 9.59 Å². The summed E-state index contributed by atoms with van der Waals surface area (Å²) < 4.78 is 1.92. The van der Waals surface area contributed by atoms with E-state index in [0.717, 1.165) is 23.2 Å². The minimum atomic E-state index is -0.0119. The van der Waals surface area contributed by atoms with Crippen molar-refractivity contribution < 1.29 is 4.79 Å². The maximum atomic E-state index is 13.1. The fourth-order valence-corrected chi connectivity index (χ4v) is 4.91. The standard InChI is InChI=1S/C25H21N3O2/c26-13-17-6-8-20(9-7-17)25(30)27-14-18-12-21(16-27)24-22(19-4-2-1-3-5-19)10-11-23(29)28(24)15-18/h1-11,18,21H,12,14-16H2.